The summed E-state index contributed by atoms with van der Waals surface area (Å²) in [7, 11) is 0. The fourth-order valence-corrected chi connectivity index (χ4v) is 5.09. The highest BCUT2D eigenvalue weighted by atomic mass is 35.5. The van der Waals surface area contributed by atoms with E-state index in [1.165, 1.54) is 0 Å². The number of carboxylic acid groups (broad SMARTS) is 2. The highest BCUT2D eigenvalue weighted by Gasteiger charge is 2.22. The first kappa shape index (κ1) is 33.0. The molecule has 1 aromatic heterocycles. The van der Waals surface area contributed by atoms with Gasteiger partial charge in [-0.05, 0) is 53.8 Å². The van der Waals surface area contributed by atoms with E-state index in [1.54, 1.807) is 42.5 Å². The Kier molecular flexibility index (Phi) is 11.5. The Morgan fingerprint density at radius 1 is 0.844 bits per heavy atom. The maximum atomic E-state index is 13.3. The summed E-state index contributed by atoms with van der Waals surface area (Å²) in [6.07, 6.45) is -0.676. The first-order valence-electron chi connectivity index (χ1n) is 14.0. The molecule has 3 amide bonds. The molecule has 1 heterocycles. The van der Waals surface area contributed by atoms with Crippen molar-refractivity contribution in [2.24, 2.45) is 0 Å². The monoisotopic (exact) mass is 651 g/mol. The highest BCUT2D eigenvalue weighted by molar-refractivity contribution is 6.32. The predicted molar refractivity (Wildman–Crippen MR) is 170 cm³/mol. The van der Waals surface area contributed by atoms with Gasteiger partial charge in [-0.25, -0.2) is 9.78 Å². The molecule has 4 rings (SSSR count). The van der Waals surface area contributed by atoms with E-state index in [2.05, 4.69) is 20.9 Å². The van der Waals surface area contributed by atoms with Crippen molar-refractivity contribution in [1.82, 2.24) is 20.6 Å². The van der Waals surface area contributed by atoms with Gasteiger partial charge in [-0.3, -0.25) is 19.7 Å². The standard InChI is InChI=1S/C32H31Cl2N5O6/c33-23-10-6-22(18-35-26(40)14-15-28(42)43)21(17-23)9-13-27(41)37-25(16-19-4-2-1-3-5-19)31-38-29(30(34)39-31)20-7-11-24(12-8-20)36-32(44)45/h1-8,10-12,17,25,36H,9,13-16,18H2,(H,35,40)(H,37,41)(H,38,39)(H,42,43)(H,44,45)/t25-/m0/s1. The number of imidazole rings is 1. The zero-order chi connectivity index (χ0) is 32.3. The van der Waals surface area contributed by atoms with E-state index >= 15 is 0 Å². The van der Waals surface area contributed by atoms with Crippen molar-refractivity contribution < 1.29 is 29.4 Å². The molecule has 1 atom stereocenters. The normalized spacial score (nSPS) is 11.4. The maximum Gasteiger partial charge on any atom is 0.409 e. The summed E-state index contributed by atoms with van der Waals surface area (Å²) in [5.74, 6) is -1.23. The molecule has 0 unspecified atom stereocenters. The number of carbonyl (C=O) groups excluding carboxylic acids is 2. The van der Waals surface area contributed by atoms with Crippen LogP contribution in [0.1, 0.15) is 47.8 Å². The summed E-state index contributed by atoms with van der Waals surface area (Å²) in [6.45, 7) is 0.171. The number of anilines is 1. The van der Waals surface area contributed by atoms with Crippen molar-refractivity contribution in [2.45, 2.75) is 44.7 Å². The van der Waals surface area contributed by atoms with Gasteiger partial charge < -0.3 is 25.8 Å². The van der Waals surface area contributed by atoms with E-state index in [0.29, 0.717) is 40.6 Å². The highest BCUT2D eigenvalue weighted by Crippen LogP contribution is 2.29. The number of aromatic amines is 1. The molecule has 0 fully saturated rings. The van der Waals surface area contributed by atoms with Crippen molar-refractivity contribution in [2.75, 3.05) is 5.32 Å². The van der Waals surface area contributed by atoms with Crippen LogP contribution in [0, 0.1) is 0 Å². The molecule has 11 nitrogen and oxygen atoms in total. The number of nitrogens with one attached hydrogen (secondary N) is 4. The van der Waals surface area contributed by atoms with Crippen LogP contribution in [-0.4, -0.2) is 44.1 Å². The molecule has 0 radical (unpaired) electrons. The molecule has 0 saturated heterocycles. The summed E-state index contributed by atoms with van der Waals surface area (Å²) in [5, 5.41) is 26.6. The first-order chi connectivity index (χ1) is 21.6. The number of rotatable bonds is 14. The van der Waals surface area contributed by atoms with Crippen molar-refractivity contribution >= 4 is 52.8 Å². The topological polar surface area (TPSA) is 174 Å². The lowest BCUT2D eigenvalue weighted by Crippen LogP contribution is -2.31. The number of carboxylic acids is 1. The van der Waals surface area contributed by atoms with Crippen molar-refractivity contribution in [1.29, 1.82) is 0 Å². The Balaban J connectivity index is 1.47. The minimum atomic E-state index is -1.17. The van der Waals surface area contributed by atoms with E-state index in [9.17, 15) is 19.2 Å². The van der Waals surface area contributed by atoms with E-state index in [0.717, 1.165) is 16.7 Å². The summed E-state index contributed by atoms with van der Waals surface area (Å²) < 4.78 is 0. The number of hydrogen-bond donors (Lipinski definition) is 6. The molecule has 4 aromatic rings. The summed E-state index contributed by atoms with van der Waals surface area (Å²) in [4.78, 5) is 54.8. The van der Waals surface area contributed by atoms with Crippen LogP contribution in [0.3, 0.4) is 0 Å². The second-order valence-corrected chi connectivity index (χ2v) is 11.0. The van der Waals surface area contributed by atoms with Crippen LogP contribution in [0.5, 0.6) is 0 Å². The number of benzene rings is 3. The summed E-state index contributed by atoms with van der Waals surface area (Å²) in [5.41, 5.74) is 4.03. The number of aromatic nitrogens is 2. The lowest BCUT2D eigenvalue weighted by Gasteiger charge is -2.18. The van der Waals surface area contributed by atoms with Gasteiger partial charge >= 0.3 is 12.1 Å². The lowest BCUT2D eigenvalue weighted by atomic mass is 10.0. The quantitative estimate of drug-likeness (QED) is 0.0971. The molecule has 13 heteroatoms. The van der Waals surface area contributed by atoms with Crippen molar-refractivity contribution in [3.63, 3.8) is 0 Å². The average Bonchev–Trinajstić information content (AvgIpc) is 3.40. The van der Waals surface area contributed by atoms with Crippen LogP contribution in [0.2, 0.25) is 10.2 Å². The van der Waals surface area contributed by atoms with E-state index < -0.39 is 18.1 Å². The third-order valence-electron chi connectivity index (χ3n) is 6.87. The molecule has 0 spiro atoms. The van der Waals surface area contributed by atoms with Crippen LogP contribution in [-0.2, 0) is 33.8 Å². The SMILES string of the molecule is O=C(O)CCC(=O)NCc1ccc(Cl)cc1CCC(=O)N[C@@H](Cc1ccccc1)c1nc(-c2ccc(NC(=O)O)cc2)c(Cl)[nH]1. The second kappa shape index (κ2) is 15.7. The van der Waals surface area contributed by atoms with Crippen LogP contribution < -0.4 is 16.0 Å². The van der Waals surface area contributed by atoms with Gasteiger partial charge in [-0.15, -0.1) is 0 Å². The third kappa shape index (κ3) is 10.1. The van der Waals surface area contributed by atoms with Gasteiger partial charge in [0.15, 0.2) is 0 Å². The third-order valence-corrected chi connectivity index (χ3v) is 7.38. The number of halogens is 2. The number of nitrogens with zero attached hydrogens (tertiary/aromatic N) is 1. The number of H-pyrrole nitrogens is 1. The smallest absolute Gasteiger partial charge is 0.409 e. The van der Waals surface area contributed by atoms with Gasteiger partial charge in [0.2, 0.25) is 11.8 Å². The molecular weight excluding hydrogens is 621 g/mol. The molecular formula is C32H31Cl2N5O6. The Hall–Kier alpha value is -4.87. The average molecular weight is 653 g/mol. The fraction of sp³-hybridized carbons (Fsp3) is 0.219. The zero-order valence-electron chi connectivity index (χ0n) is 24.0. The van der Waals surface area contributed by atoms with Gasteiger partial charge in [0.05, 0.1) is 12.5 Å². The lowest BCUT2D eigenvalue weighted by molar-refractivity contribution is -0.138. The van der Waals surface area contributed by atoms with Crippen molar-refractivity contribution in [3.05, 3.63) is 105 Å². The first-order valence-corrected chi connectivity index (χ1v) is 14.8. The molecule has 6 N–H and O–H groups in total. The second-order valence-electron chi connectivity index (χ2n) is 10.2. The van der Waals surface area contributed by atoms with Crippen molar-refractivity contribution in [3.8, 4) is 11.3 Å². The summed E-state index contributed by atoms with van der Waals surface area (Å²) >= 11 is 12.8. The Morgan fingerprint density at radius 2 is 1.58 bits per heavy atom. The number of aliphatic carboxylic acids is 1. The molecule has 3 aromatic carbocycles. The minimum Gasteiger partial charge on any atom is -0.481 e. The van der Waals surface area contributed by atoms with Gasteiger partial charge in [-0.2, -0.15) is 0 Å². The minimum absolute atomic E-state index is 0.116. The molecule has 0 bridgehead atoms. The Bertz CT molecular complexity index is 1660. The van der Waals surface area contributed by atoms with E-state index in [1.807, 2.05) is 30.3 Å². The largest absolute Gasteiger partial charge is 0.481 e. The summed E-state index contributed by atoms with van der Waals surface area (Å²) in [6, 6.07) is 20.8. The van der Waals surface area contributed by atoms with E-state index in [4.69, 9.17) is 38.4 Å². The molecule has 0 aliphatic heterocycles. The molecule has 45 heavy (non-hydrogen) atoms. The van der Waals surface area contributed by atoms with Gasteiger partial charge in [0.25, 0.3) is 0 Å². The van der Waals surface area contributed by atoms with Crippen LogP contribution in [0.4, 0.5) is 10.5 Å². The predicted octanol–water partition coefficient (Wildman–Crippen LogP) is 5.99. The number of carbonyl (C=O) groups is 4. The van der Waals surface area contributed by atoms with Gasteiger partial charge in [-0.1, -0.05) is 71.7 Å². The van der Waals surface area contributed by atoms with Crippen LogP contribution in [0.15, 0.2) is 72.8 Å². The Morgan fingerprint density at radius 3 is 2.27 bits per heavy atom. The van der Waals surface area contributed by atoms with E-state index in [-0.39, 0.29) is 42.8 Å². The van der Waals surface area contributed by atoms with Gasteiger partial charge in [0.1, 0.15) is 16.7 Å². The molecule has 234 valence electrons. The Labute approximate surface area is 269 Å². The number of aryl methyl sites for hydroxylation is 1. The molecule has 0 aliphatic carbocycles. The molecule has 0 saturated carbocycles. The van der Waals surface area contributed by atoms with Crippen LogP contribution in [0.25, 0.3) is 11.3 Å². The number of amides is 3. The number of hydrogen-bond acceptors (Lipinski definition) is 5. The maximum absolute atomic E-state index is 13.3. The zero-order valence-corrected chi connectivity index (χ0v) is 25.5. The molecule has 0 aliphatic rings. The van der Waals surface area contributed by atoms with Crippen LogP contribution >= 0.6 is 23.2 Å². The van der Waals surface area contributed by atoms with Gasteiger partial charge in [0, 0.05) is 35.7 Å². The fourth-order valence-electron chi connectivity index (χ4n) is 4.64.